The minimum Gasteiger partial charge on any atom is -0.255 e. The molecule has 2 aliphatic heterocycles. The molecule has 7 heteroatoms. The molecule has 5 rings (SSSR count). The summed E-state index contributed by atoms with van der Waals surface area (Å²) < 4.78 is 1.49. The number of amides is 3. The fourth-order valence-corrected chi connectivity index (χ4v) is 4.89. The Labute approximate surface area is 173 Å². The van der Waals surface area contributed by atoms with E-state index in [1.165, 1.54) is 32.9 Å². The number of hydrogen-bond donors (Lipinski definition) is 0. The molecule has 1 aliphatic carbocycles. The van der Waals surface area contributed by atoms with Crippen LogP contribution in [0.15, 0.2) is 52.4 Å². The van der Waals surface area contributed by atoms with Crippen LogP contribution in [0, 0.1) is 11.8 Å². The standard InChI is InChI=1S/C22H21N4O2S/c1-25-19-17(21(27)26(2)22(25)28)20(24-18(23-19)14-10-11-14)29-12-15-8-5-7-13-6-3-4-9-16(13)15/h3-9,14,17H,10-12H2,1-2H3/q+1. The maximum atomic E-state index is 12.9. The number of carbonyl (C=O) groups excluding carboxylic acids is 2. The summed E-state index contributed by atoms with van der Waals surface area (Å²) in [7, 11) is 3.20. The number of urea groups is 1. The second-order valence-electron chi connectivity index (χ2n) is 7.65. The lowest BCUT2D eigenvalue weighted by Gasteiger charge is -2.26. The van der Waals surface area contributed by atoms with E-state index in [9.17, 15) is 9.59 Å². The maximum Gasteiger partial charge on any atom is 0.445 e. The molecule has 6 nitrogen and oxygen atoms in total. The van der Waals surface area contributed by atoms with E-state index in [2.05, 4.69) is 35.3 Å². The topological polar surface area (TPSA) is 65.1 Å². The summed E-state index contributed by atoms with van der Waals surface area (Å²) in [4.78, 5) is 35.9. The van der Waals surface area contributed by atoms with Crippen molar-refractivity contribution in [1.82, 2.24) is 4.90 Å². The number of imide groups is 1. The van der Waals surface area contributed by atoms with Crippen molar-refractivity contribution in [1.29, 1.82) is 0 Å². The average Bonchev–Trinajstić information content (AvgIpc) is 3.59. The number of nitrogens with zero attached hydrogens (tertiary/aromatic N) is 4. The molecule has 1 atom stereocenters. The van der Waals surface area contributed by atoms with Crippen LogP contribution in [-0.4, -0.2) is 52.2 Å². The first kappa shape index (κ1) is 18.2. The number of aliphatic imine (C=N–C) groups is 2. The average molecular weight is 406 g/mol. The van der Waals surface area contributed by atoms with Crippen LogP contribution in [0.25, 0.3) is 10.8 Å². The summed E-state index contributed by atoms with van der Waals surface area (Å²) in [6.45, 7) is 0. The number of carbonyl (C=O) groups is 2. The van der Waals surface area contributed by atoms with Gasteiger partial charge in [-0.1, -0.05) is 47.5 Å². The molecule has 1 unspecified atom stereocenters. The summed E-state index contributed by atoms with van der Waals surface area (Å²) in [5.74, 6) is 1.45. The number of benzene rings is 2. The van der Waals surface area contributed by atoms with E-state index in [1.54, 1.807) is 18.8 Å². The molecule has 0 spiro atoms. The van der Waals surface area contributed by atoms with Crippen molar-refractivity contribution < 1.29 is 14.2 Å². The van der Waals surface area contributed by atoms with E-state index in [0.29, 0.717) is 17.5 Å². The number of fused-ring (bicyclic) bond motifs is 2. The quantitative estimate of drug-likeness (QED) is 0.734. The lowest BCUT2D eigenvalue weighted by Crippen LogP contribution is -2.54. The fourth-order valence-electron chi connectivity index (χ4n) is 3.80. The summed E-state index contributed by atoms with van der Waals surface area (Å²) in [6, 6.07) is 14.2. The van der Waals surface area contributed by atoms with Gasteiger partial charge in [-0.25, -0.2) is 9.79 Å². The predicted molar refractivity (Wildman–Crippen MR) is 116 cm³/mol. The number of rotatable bonds is 3. The Morgan fingerprint density at radius 3 is 2.66 bits per heavy atom. The summed E-state index contributed by atoms with van der Waals surface area (Å²) in [5.41, 5.74) is 1.20. The molecule has 0 saturated heterocycles. The van der Waals surface area contributed by atoms with Crippen LogP contribution < -0.4 is 0 Å². The first-order valence-corrected chi connectivity index (χ1v) is 10.7. The minimum atomic E-state index is -0.606. The SMILES string of the molecule is CN1C(=O)C2C(SCc3cccc4ccccc34)=NC(C3CC3)=NC2=[N+](C)C1=O. The van der Waals surface area contributed by atoms with E-state index in [0.717, 1.165) is 23.7 Å². The van der Waals surface area contributed by atoms with Crippen molar-refractivity contribution in [3.8, 4) is 0 Å². The van der Waals surface area contributed by atoms with Gasteiger partial charge in [0, 0.05) is 11.7 Å². The third-order valence-electron chi connectivity index (χ3n) is 5.65. The van der Waals surface area contributed by atoms with Crippen LogP contribution >= 0.6 is 11.8 Å². The smallest absolute Gasteiger partial charge is 0.255 e. The van der Waals surface area contributed by atoms with Crippen LogP contribution in [0.4, 0.5) is 4.79 Å². The van der Waals surface area contributed by atoms with E-state index in [-0.39, 0.29) is 11.9 Å². The second kappa shape index (κ2) is 6.91. The molecule has 2 aromatic rings. The van der Waals surface area contributed by atoms with Crippen molar-refractivity contribution in [2.45, 2.75) is 18.6 Å². The molecule has 1 fully saturated rings. The molecule has 29 heavy (non-hydrogen) atoms. The summed E-state index contributed by atoms with van der Waals surface area (Å²) >= 11 is 1.57. The van der Waals surface area contributed by atoms with Crippen LogP contribution in [-0.2, 0) is 10.5 Å². The molecule has 3 aliphatic rings. The summed E-state index contributed by atoms with van der Waals surface area (Å²) in [5, 5.41) is 3.14. The molecule has 0 bridgehead atoms. The van der Waals surface area contributed by atoms with E-state index in [4.69, 9.17) is 4.99 Å². The van der Waals surface area contributed by atoms with Gasteiger partial charge in [-0.3, -0.25) is 4.79 Å². The van der Waals surface area contributed by atoms with Gasteiger partial charge in [0.1, 0.15) is 5.04 Å². The van der Waals surface area contributed by atoms with Gasteiger partial charge in [-0.15, -0.1) is 11.8 Å². The third-order valence-corrected chi connectivity index (χ3v) is 6.73. The van der Waals surface area contributed by atoms with E-state index >= 15 is 0 Å². The highest BCUT2D eigenvalue weighted by atomic mass is 32.2. The monoisotopic (exact) mass is 405 g/mol. The zero-order valence-electron chi connectivity index (χ0n) is 16.3. The van der Waals surface area contributed by atoms with Gasteiger partial charge in [-0.05, 0) is 29.2 Å². The number of hydrogen-bond acceptors (Lipinski definition) is 5. The maximum absolute atomic E-state index is 12.9. The Bertz CT molecular complexity index is 1140. The lowest BCUT2D eigenvalue weighted by atomic mass is 10.0. The molecular formula is C22H21N4O2S+. The van der Waals surface area contributed by atoms with Crippen molar-refractivity contribution in [3.63, 3.8) is 0 Å². The molecule has 1 saturated carbocycles. The van der Waals surface area contributed by atoms with Gasteiger partial charge in [0.05, 0.1) is 14.1 Å². The largest absolute Gasteiger partial charge is 0.445 e. The van der Waals surface area contributed by atoms with Crippen molar-refractivity contribution in [2.75, 3.05) is 14.1 Å². The zero-order valence-corrected chi connectivity index (χ0v) is 17.1. The Hall–Kier alpha value is -2.80. The third kappa shape index (κ3) is 3.09. The predicted octanol–water partition coefficient (Wildman–Crippen LogP) is 3.54. The van der Waals surface area contributed by atoms with E-state index in [1.807, 2.05) is 12.1 Å². The first-order chi connectivity index (χ1) is 14.0. The van der Waals surface area contributed by atoms with Crippen molar-refractivity contribution >= 4 is 51.2 Å². The molecule has 0 radical (unpaired) electrons. The Morgan fingerprint density at radius 1 is 1.10 bits per heavy atom. The minimum absolute atomic E-state index is 0.258. The molecule has 146 valence electrons. The van der Waals surface area contributed by atoms with Crippen LogP contribution in [0.3, 0.4) is 0 Å². The first-order valence-electron chi connectivity index (χ1n) is 9.73. The van der Waals surface area contributed by atoms with E-state index < -0.39 is 5.92 Å². The Morgan fingerprint density at radius 2 is 1.86 bits per heavy atom. The highest BCUT2D eigenvalue weighted by molar-refractivity contribution is 8.13. The van der Waals surface area contributed by atoms with Crippen LogP contribution in [0.1, 0.15) is 18.4 Å². The fraction of sp³-hybridized carbons (Fsp3) is 0.318. The van der Waals surface area contributed by atoms with Crippen LogP contribution in [0.2, 0.25) is 0 Å². The van der Waals surface area contributed by atoms with Gasteiger partial charge in [0.15, 0.2) is 5.92 Å². The molecular weight excluding hydrogens is 384 g/mol. The molecule has 2 heterocycles. The number of amidine groups is 2. The van der Waals surface area contributed by atoms with Gasteiger partial charge < -0.3 is 0 Å². The second-order valence-corrected chi connectivity index (χ2v) is 8.65. The van der Waals surface area contributed by atoms with Gasteiger partial charge in [0.2, 0.25) is 5.84 Å². The van der Waals surface area contributed by atoms with Crippen molar-refractivity contribution in [2.24, 2.45) is 21.8 Å². The number of thioether (sulfide) groups is 1. The van der Waals surface area contributed by atoms with Gasteiger partial charge in [0.25, 0.3) is 5.84 Å². The molecule has 3 amide bonds. The zero-order chi connectivity index (χ0) is 20.1. The molecule has 0 aromatic heterocycles. The Kier molecular flexibility index (Phi) is 4.35. The lowest BCUT2D eigenvalue weighted by molar-refractivity contribution is -0.407. The normalized spacial score (nSPS) is 22.0. The van der Waals surface area contributed by atoms with Gasteiger partial charge >= 0.3 is 11.9 Å². The highest BCUT2D eigenvalue weighted by Crippen LogP contribution is 2.36. The van der Waals surface area contributed by atoms with Crippen LogP contribution in [0.5, 0.6) is 0 Å². The molecule has 2 aromatic carbocycles. The highest BCUT2D eigenvalue weighted by Gasteiger charge is 2.50. The summed E-state index contributed by atoms with van der Waals surface area (Å²) in [6.07, 6.45) is 2.13. The Balaban J connectivity index is 1.52. The molecule has 0 N–H and O–H groups in total. The van der Waals surface area contributed by atoms with Gasteiger partial charge in [-0.2, -0.15) is 9.48 Å². The van der Waals surface area contributed by atoms with Crippen molar-refractivity contribution in [3.05, 3.63) is 48.0 Å².